The largest absolute Gasteiger partial charge is 0.443 e. The molecule has 0 aliphatic carbocycles. The lowest BCUT2D eigenvalue weighted by Gasteiger charge is -2.29. The fourth-order valence-corrected chi connectivity index (χ4v) is 1.92. The maximum atomic E-state index is 12.1. The highest BCUT2D eigenvalue weighted by atomic mass is 79.9. The Bertz CT molecular complexity index is 436. The van der Waals surface area contributed by atoms with Crippen molar-refractivity contribution in [2.24, 2.45) is 0 Å². The first-order valence-electron chi connectivity index (χ1n) is 6.02. The standard InChI is InChI=1S/C13H19BrN2O3/c1-9-10(14)7-15-5-6-16(11(9)8-17)12(18)19-13(2,3)4/h7-8,15H,5-6H2,1-4H3/b10-7+,11-9+. The van der Waals surface area contributed by atoms with Gasteiger partial charge in [0.05, 0.1) is 5.70 Å². The molecular weight excluding hydrogens is 312 g/mol. The number of halogens is 1. The van der Waals surface area contributed by atoms with Gasteiger partial charge >= 0.3 is 6.09 Å². The van der Waals surface area contributed by atoms with E-state index in [2.05, 4.69) is 21.2 Å². The van der Waals surface area contributed by atoms with Gasteiger partial charge in [0.1, 0.15) is 5.60 Å². The number of ether oxygens (including phenoxy) is 1. The van der Waals surface area contributed by atoms with Gasteiger partial charge in [-0.05, 0) is 49.2 Å². The number of allylic oxidation sites excluding steroid dienone is 3. The van der Waals surface area contributed by atoms with Gasteiger partial charge < -0.3 is 10.1 Å². The number of hydrogen-bond acceptors (Lipinski definition) is 4. The molecule has 0 fully saturated rings. The van der Waals surface area contributed by atoms with E-state index in [-0.39, 0.29) is 0 Å². The lowest BCUT2D eigenvalue weighted by atomic mass is 10.2. The van der Waals surface area contributed by atoms with Crippen molar-refractivity contribution in [1.29, 1.82) is 0 Å². The van der Waals surface area contributed by atoms with Crippen LogP contribution in [0.15, 0.2) is 22.0 Å². The minimum atomic E-state index is -0.595. The molecule has 5 nitrogen and oxygen atoms in total. The smallest absolute Gasteiger partial charge is 0.414 e. The van der Waals surface area contributed by atoms with Crippen molar-refractivity contribution < 1.29 is 14.3 Å². The molecule has 0 radical (unpaired) electrons. The lowest BCUT2D eigenvalue weighted by Crippen LogP contribution is -2.41. The summed E-state index contributed by atoms with van der Waals surface area (Å²) in [6, 6.07) is 0. The second-order valence-corrected chi connectivity index (χ2v) is 6.06. The summed E-state index contributed by atoms with van der Waals surface area (Å²) in [7, 11) is 0. The lowest BCUT2D eigenvalue weighted by molar-refractivity contribution is -0.106. The van der Waals surface area contributed by atoms with Crippen LogP contribution in [-0.2, 0) is 9.53 Å². The molecule has 6 heteroatoms. The summed E-state index contributed by atoms with van der Waals surface area (Å²) in [6.45, 7) is 8.06. The van der Waals surface area contributed by atoms with Crippen molar-refractivity contribution in [3.63, 3.8) is 0 Å². The third-order valence-electron chi connectivity index (χ3n) is 2.47. The van der Waals surface area contributed by atoms with Gasteiger partial charge in [-0.3, -0.25) is 9.69 Å². The number of rotatable bonds is 1. The summed E-state index contributed by atoms with van der Waals surface area (Å²) < 4.78 is 6.06. The van der Waals surface area contributed by atoms with Gasteiger partial charge in [0.25, 0.3) is 0 Å². The van der Waals surface area contributed by atoms with E-state index in [4.69, 9.17) is 4.74 Å². The number of amides is 1. The molecule has 0 spiro atoms. The fraction of sp³-hybridized carbons (Fsp3) is 0.538. The van der Waals surface area contributed by atoms with Gasteiger partial charge in [-0.1, -0.05) is 0 Å². The second-order valence-electron chi connectivity index (χ2n) is 5.21. The first-order valence-corrected chi connectivity index (χ1v) is 6.81. The van der Waals surface area contributed by atoms with Crippen LogP contribution in [0.3, 0.4) is 0 Å². The van der Waals surface area contributed by atoms with E-state index < -0.39 is 11.7 Å². The monoisotopic (exact) mass is 330 g/mol. The highest BCUT2D eigenvalue weighted by molar-refractivity contribution is 9.12. The van der Waals surface area contributed by atoms with Crippen LogP contribution in [0.25, 0.3) is 0 Å². The third-order valence-corrected chi connectivity index (χ3v) is 3.29. The van der Waals surface area contributed by atoms with E-state index in [0.717, 1.165) is 4.48 Å². The molecule has 0 saturated carbocycles. The molecule has 0 aromatic rings. The number of aldehydes is 1. The van der Waals surface area contributed by atoms with Gasteiger partial charge in [0.2, 0.25) is 0 Å². The summed E-state index contributed by atoms with van der Waals surface area (Å²) in [5.41, 5.74) is 0.411. The molecule has 1 heterocycles. The average Bonchev–Trinajstić information content (AvgIpc) is 2.28. The van der Waals surface area contributed by atoms with E-state index in [0.29, 0.717) is 30.6 Å². The Morgan fingerprint density at radius 1 is 1.53 bits per heavy atom. The molecule has 0 aromatic carbocycles. The Hall–Kier alpha value is -1.30. The van der Waals surface area contributed by atoms with Crippen LogP contribution in [0.5, 0.6) is 0 Å². The summed E-state index contributed by atoms with van der Waals surface area (Å²) in [6.07, 6.45) is 1.93. The van der Waals surface area contributed by atoms with Gasteiger partial charge in [-0.2, -0.15) is 0 Å². The number of nitrogens with one attached hydrogen (secondary N) is 1. The van der Waals surface area contributed by atoms with Crippen LogP contribution in [0.1, 0.15) is 27.7 Å². The van der Waals surface area contributed by atoms with E-state index in [1.807, 2.05) is 0 Å². The summed E-state index contributed by atoms with van der Waals surface area (Å²) >= 11 is 3.36. The first kappa shape index (κ1) is 15.8. The Kier molecular flexibility index (Phi) is 5.17. The van der Waals surface area contributed by atoms with E-state index >= 15 is 0 Å². The molecule has 0 atom stereocenters. The van der Waals surface area contributed by atoms with Crippen molar-refractivity contribution in [2.75, 3.05) is 13.1 Å². The van der Waals surface area contributed by atoms with Crippen molar-refractivity contribution in [3.8, 4) is 0 Å². The Morgan fingerprint density at radius 2 is 2.16 bits per heavy atom. The zero-order chi connectivity index (χ0) is 14.6. The Morgan fingerprint density at radius 3 is 2.68 bits per heavy atom. The number of hydrogen-bond donors (Lipinski definition) is 1. The predicted octanol–water partition coefficient (Wildman–Crippen LogP) is 2.54. The Balaban J connectivity index is 3.09. The van der Waals surface area contributed by atoms with E-state index in [1.165, 1.54) is 4.90 Å². The van der Waals surface area contributed by atoms with Crippen LogP contribution < -0.4 is 5.32 Å². The molecule has 1 N–H and O–H groups in total. The summed E-state index contributed by atoms with van der Waals surface area (Å²) in [5, 5.41) is 3.05. The minimum Gasteiger partial charge on any atom is -0.443 e. The zero-order valence-corrected chi connectivity index (χ0v) is 13.2. The van der Waals surface area contributed by atoms with Crippen LogP contribution in [0.2, 0.25) is 0 Å². The SMILES string of the molecule is CC1=C(/C=O)N(C(=O)OC(C)(C)C)CCN/C=C\1Br. The first-order chi connectivity index (χ1) is 8.76. The topological polar surface area (TPSA) is 58.6 Å². The highest BCUT2D eigenvalue weighted by Crippen LogP contribution is 2.23. The maximum absolute atomic E-state index is 12.1. The van der Waals surface area contributed by atoms with Crippen molar-refractivity contribution in [2.45, 2.75) is 33.3 Å². The molecule has 0 unspecified atom stereocenters. The minimum absolute atomic E-state index is 0.318. The molecule has 1 aliphatic rings. The fourth-order valence-electron chi connectivity index (χ4n) is 1.55. The molecule has 0 aromatic heterocycles. The Labute approximate surface area is 121 Å². The summed E-state index contributed by atoms with van der Waals surface area (Å²) in [4.78, 5) is 24.8. The van der Waals surface area contributed by atoms with Crippen molar-refractivity contribution >= 4 is 28.3 Å². The molecule has 106 valence electrons. The average molecular weight is 331 g/mol. The molecule has 0 saturated heterocycles. The van der Waals surface area contributed by atoms with Crippen LogP contribution in [0, 0.1) is 0 Å². The van der Waals surface area contributed by atoms with Gasteiger partial charge in [-0.15, -0.1) is 0 Å². The second kappa shape index (κ2) is 6.23. The summed E-state index contributed by atoms with van der Waals surface area (Å²) in [5.74, 6) is 0. The molecule has 0 bridgehead atoms. The quantitative estimate of drug-likeness (QED) is 0.750. The number of carbonyl (C=O) groups is 2. The van der Waals surface area contributed by atoms with Gasteiger partial charge in [-0.25, -0.2) is 4.79 Å². The van der Waals surface area contributed by atoms with Crippen molar-refractivity contribution in [3.05, 3.63) is 22.0 Å². The molecule has 19 heavy (non-hydrogen) atoms. The number of nitrogens with zero attached hydrogens (tertiary/aromatic N) is 1. The normalized spacial score (nSPS) is 23.6. The molecule has 1 amide bonds. The zero-order valence-electron chi connectivity index (χ0n) is 11.6. The van der Waals surface area contributed by atoms with Crippen molar-refractivity contribution in [1.82, 2.24) is 10.2 Å². The van der Waals surface area contributed by atoms with Crippen LogP contribution in [-0.4, -0.2) is 36.0 Å². The maximum Gasteiger partial charge on any atom is 0.414 e. The van der Waals surface area contributed by atoms with Crippen LogP contribution in [0.4, 0.5) is 4.79 Å². The molecule has 1 aliphatic heterocycles. The third kappa shape index (κ3) is 4.38. The van der Waals surface area contributed by atoms with Crippen LogP contribution >= 0.6 is 15.9 Å². The van der Waals surface area contributed by atoms with E-state index in [9.17, 15) is 9.59 Å². The molecule has 1 rings (SSSR count). The highest BCUT2D eigenvalue weighted by Gasteiger charge is 2.26. The van der Waals surface area contributed by atoms with Gasteiger partial charge in [0.15, 0.2) is 6.29 Å². The van der Waals surface area contributed by atoms with E-state index in [1.54, 1.807) is 33.9 Å². The molecular formula is C13H19BrN2O3. The number of carbonyl (C=O) groups excluding carboxylic acids is 2. The predicted molar refractivity (Wildman–Crippen MR) is 76.7 cm³/mol. The van der Waals surface area contributed by atoms with Gasteiger partial charge in [0, 0.05) is 23.8 Å².